The Balaban J connectivity index is 0.878. The number of likely N-dealkylation sites (N-methyl/N-ethyl adjacent to an activating group) is 1. The zero-order valence-electron chi connectivity index (χ0n) is 37.4. The van der Waals surface area contributed by atoms with E-state index in [-0.39, 0.29) is 29.1 Å². The van der Waals surface area contributed by atoms with Gasteiger partial charge in [0.05, 0.1) is 17.5 Å². The number of unbranched alkanes of at least 4 members (excludes halogenated alkanes) is 2. The molecule has 0 bridgehead atoms. The molecule has 0 spiro atoms. The van der Waals surface area contributed by atoms with Crippen LogP contribution in [0.15, 0.2) is 114 Å². The second kappa shape index (κ2) is 17.7. The molecule has 63 heavy (non-hydrogen) atoms. The number of nitrogens with zero attached hydrogens (tertiary/aromatic N) is 6. The number of aryl methyl sites for hydroxylation is 2. The van der Waals surface area contributed by atoms with Gasteiger partial charge in [-0.05, 0) is 82.9 Å². The van der Waals surface area contributed by atoms with Gasteiger partial charge in [0.1, 0.15) is 23.4 Å². The lowest BCUT2D eigenvalue weighted by Gasteiger charge is -2.23. The first kappa shape index (κ1) is 43.7. The van der Waals surface area contributed by atoms with Crippen molar-refractivity contribution in [3.63, 3.8) is 0 Å². The number of carbonyl (C=O) groups is 2. The Morgan fingerprint density at radius 3 is 2.32 bits per heavy atom. The van der Waals surface area contributed by atoms with Gasteiger partial charge in [0.15, 0.2) is 11.5 Å². The third-order valence-corrected chi connectivity index (χ3v) is 14.3. The van der Waals surface area contributed by atoms with Crippen molar-refractivity contribution < 1.29 is 14.2 Å². The van der Waals surface area contributed by atoms with Crippen LogP contribution >= 0.6 is 22.9 Å². The number of fused-ring (bicyclic) bond motifs is 5. The quantitative estimate of drug-likeness (QED) is 0.0562. The fourth-order valence-electron chi connectivity index (χ4n) is 9.33. The fourth-order valence-corrected chi connectivity index (χ4v) is 10.7. The predicted octanol–water partition coefficient (Wildman–Crippen LogP) is 10.4. The SMILES string of the molecule is Cc1sc2c(c1C)C(c1ccc(Cl)cc1)=N[C@@H](CC(=O)NNC(=O)CCCCC[N+]1=C(/C=C/C=C/C=C3/N(C)c4ccccc4C3(C)C)C(C)(C)c3ccccc31)c1nnc(C)n1-2. The number of halogens is 1. The fraction of sp³-hybridized carbons (Fsp3) is 0.333. The molecule has 1 atom stereocenters. The lowest BCUT2D eigenvalue weighted by molar-refractivity contribution is -0.438. The summed E-state index contributed by atoms with van der Waals surface area (Å²) in [6, 6.07) is 24.2. The number of aromatic nitrogens is 3. The average Bonchev–Trinajstić information content (AvgIpc) is 3.88. The van der Waals surface area contributed by atoms with E-state index in [9.17, 15) is 9.59 Å². The van der Waals surface area contributed by atoms with Crippen molar-refractivity contribution in [2.24, 2.45) is 4.99 Å². The Hall–Kier alpha value is -5.91. The van der Waals surface area contributed by atoms with Crippen molar-refractivity contribution in [2.75, 3.05) is 18.5 Å². The largest absolute Gasteiger partial charge is 0.347 e. The summed E-state index contributed by atoms with van der Waals surface area (Å²) in [5.41, 5.74) is 16.5. The molecule has 2 aromatic heterocycles. The van der Waals surface area contributed by atoms with Crippen LogP contribution < -0.4 is 15.8 Å². The zero-order valence-corrected chi connectivity index (χ0v) is 39.0. The summed E-state index contributed by atoms with van der Waals surface area (Å²) in [6.07, 6.45) is 13.6. The Bertz CT molecular complexity index is 2750. The molecule has 0 fully saturated rings. The normalized spacial score (nSPS) is 17.8. The predicted molar refractivity (Wildman–Crippen MR) is 256 cm³/mol. The van der Waals surface area contributed by atoms with Gasteiger partial charge in [-0.3, -0.25) is 30.0 Å². The van der Waals surface area contributed by atoms with Gasteiger partial charge in [-0.1, -0.05) is 92.2 Å². The van der Waals surface area contributed by atoms with E-state index in [2.05, 4.69) is 158 Å². The monoisotopic (exact) mass is 879 g/mol. The molecule has 5 heterocycles. The molecule has 2 N–H and O–H groups in total. The van der Waals surface area contributed by atoms with Gasteiger partial charge >= 0.3 is 0 Å². The standard InChI is InChI=1S/C51H55ClN8O2S/c1-32-33(2)63-49-46(32)47(35-26-28-36(52)29-27-35)53-39(48-57-54-34(3)60(48)49)31-45(62)56-55-44(61)25-13-10-18-30-59-41-22-17-15-20-38(41)51(6,7)43(59)24-12-9-11-23-42-50(4,5)37-19-14-16-21-40(37)58(42)8/h9,11-12,14-17,19-24,26-29,39H,10,13,18,25,30-31H2,1-8H3,(H-,55,56,61,62)/p+1/t39-/m0/s1. The van der Waals surface area contributed by atoms with Crippen molar-refractivity contribution in [3.8, 4) is 5.00 Å². The van der Waals surface area contributed by atoms with Crippen LogP contribution in [0.2, 0.25) is 5.02 Å². The minimum Gasteiger partial charge on any atom is -0.347 e. The lowest BCUT2D eigenvalue weighted by Crippen LogP contribution is -2.42. The van der Waals surface area contributed by atoms with E-state index in [1.54, 1.807) is 11.3 Å². The maximum Gasteiger partial charge on any atom is 0.241 e. The molecule has 5 aromatic rings. The number of nitrogens with one attached hydrogen (secondary N) is 2. The maximum atomic E-state index is 13.4. The number of aliphatic imine (C=N–C) groups is 1. The van der Waals surface area contributed by atoms with Crippen LogP contribution in [-0.2, 0) is 20.4 Å². The van der Waals surface area contributed by atoms with Crippen molar-refractivity contribution >= 4 is 57.6 Å². The second-order valence-electron chi connectivity index (χ2n) is 17.7. The van der Waals surface area contributed by atoms with E-state index < -0.39 is 6.04 Å². The first-order chi connectivity index (χ1) is 30.2. The van der Waals surface area contributed by atoms with E-state index in [1.165, 1.54) is 38.8 Å². The number of carbonyl (C=O) groups excluding carboxylic acids is 2. The summed E-state index contributed by atoms with van der Waals surface area (Å²) >= 11 is 7.91. The Labute approximate surface area is 379 Å². The Kier molecular flexibility index (Phi) is 12.3. The van der Waals surface area contributed by atoms with E-state index in [0.29, 0.717) is 29.5 Å². The molecule has 3 aromatic carbocycles. The van der Waals surface area contributed by atoms with E-state index in [0.717, 1.165) is 46.8 Å². The van der Waals surface area contributed by atoms with Crippen LogP contribution in [-0.4, -0.2) is 56.2 Å². The summed E-state index contributed by atoms with van der Waals surface area (Å²) in [6.45, 7) is 16.1. The summed E-state index contributed by atoms with van der Waals surface area (Å²) in [7, 11) is 2.14. The average molecular weight is 881 g/mol. The van der Waals surface area contributed by atoms with E-state index >= 15 is 0 Å². The number of anilines is 1. The van der Waals surface area contributed by atoms with Crippen LogP contribution in [0.1, 0.15) is 110 Å². The summed E-state index contributed by atoms with van der Waals surface area (Å²) < 4.78 is 4.44. The number of hydrogen-bond acceptors (Lipinski definition) is 7. The first-order valence-corrected chi connectivity index (χ1v) is 22.9. The molecule has 12 heteroatoms. The Morgan fingerprint density at radius 1 is 0.841 bits per heavy atom. The van der Waals surface area contributed by atoms with Gasteiger partial charge in [0.25, 0.3) is 0 Å². The van der Waals surface area contributed by atoms with Crippen LogP contribution in [0.4, 0.5) is 11.4 Å². The van der Waals surface area contributed by atoms with Gasteiger partial charge in [0, 0.05) is 75.4 Å². The molecule has 2 amide bonds. The van der Waals surface area contributed by atoms with Gasteiger partial charge in [0.2, 0.25) is 17.5 Å². The Morgan fingerprint density at radius 2 is 1.56 bits per heavy atom. The highest BCUT2D eigenvalue weighted by molar-refractivity contribution is 7.15. The molecule has 3 aliphatic rings. The van der Waals surface area contributed by atoms with Crippen LogP contribution in [0.5, 0.6) is 0 Å². The van der Waals surface area contributed by atoms with Gasteiger partial charge in [-0.2, -0.15) is 4.58 Å². The number of amides is 2. The van der Waals surface area contributed by atoms with Crippen molar-refractivity contribution in [1.82, 2.24) is 25.6 Å². The topological polar surface area (TPSA) is 108 Å². The molecule has 0 saturated heterocycles. The van der Waals surface area contributed by atoms with E-state index in [4.69, 9.17) is 16.6 Å². The number of thiophene rings is 1. The van der Waals surface area contributed by atoms with Crippen LogP contribution in [0.3, 0.4) is 0 Å². The van der Waals surface area contributed by atoms with Gasteiger partial charge in [-0.15, -0.1) is 21.5 Å². The third kappa shape index (κ3) is 8.36. The van der Waals surface area contributed by atoms with Gasteiger partial charge in [-0.25, -0.2) is 0 Å². The molecule has 324 valence electrons. The van der Waals surface area contributed by atoms with E-state index in [1.807, 2.05) is 35.8 Å². The molecular formula is C51H56ClN8O2S+. The molecule has 8 rings (SSSR count). The second-order valence-corrected chi connectivity index (χ2v) is 19.3. The summed E-state index contributed by atoms with van der Waals surface area (Å²) in [5, 5.41) is 10.5. The van der Waals surface area contributed by atoms with Crippen molar-refractivity contribution in [1.29, 1.82) is 0 Å². The molecule has 0 aliphatic carbocycles. The van der Waals surface area contributed by atoms with Crippen molar-refractivity contribution in [3.05, 3.63) is 158 Å². The molecule has 0 radical (unpaired) electrons. The zero-order chi connectivity index (χ0) is 44.6. The number of para-hydroxylation sites is 2. The highest BCUT2D eigenvalue weighted by Crippen LogP contribution is 2.47. The molecule has 0 unspecified atom stereocenters. The number of benzene rings is 3. The van der Waals surface area contributed by atoms with Gasteiger partial charge < -0.3 is 4.90 Å². The highest BCUT2D eigenvalue weighted by atomic mass is 35.5. The lowest BCUT2D eigenvalue weighted by atomic mass is 9.81. The number of allylic oxidation sites excluding steroid dienone is 6. The number of hydrazine groups is 1. The minimum atomic E-state index is -0.636. The third-order valence-electron chi connectivity index (χ3n) is 12.8. The maximum absolute atomic E-state index is 13.4. The molecule has 3 aliphatic heterocycles. The minimum absolute atomic E-state index is 0.0265. The van der Waals surface area contributed by atoms with Crippen LogP contribution in [0, 0.1) is 20.8 Å². The van der Waals surface area contributed by atoms with Crippen molar-refractivity contribution in [2.45, 2.75) is 97.4 Å². The molecule has 0 saturated carbocycles. The highest BCUT2D eigenvalue weighted by Gasteiger charge is 2.44. The summed E-state index contributed by atoms with van der Waals surface area (Å²) in [5.74, 6) is 0.697. The molecule has 10 nitrogen and oxygen atoms in total. The smallest absolute Gasteiger partial charge is 0.241 e. The number of rotatable bonds is 12. The number of hydrogen-bond donors (Lipinski definition) is 2. The van der Waals surface area contributed by atoms with Crippen LogP contribution in [0.25, 0.3) is 5.00 Å². The first-order valence-electron chi connectivity index (χ1n) is 21.8. The molecular weight excluding hydrogens is 824 g/mol. The summed E-state index contributed by atoms with van der Waals surface area (Å²) in [4.78, 5) is 35.1.